The lowest BCUT2D eigenvalue weighted by Gasteiger charge is -2.49. The minimum Gasteiger partial charge on any atom is -0.299 e. The van der Waals surface area contributed by atoms with Crippen molar-refractivity contribution in [2.45, 2.75) is 38.0 Å². The highest BCUT2D eigenvalue weighted by Crippen LogP contribution is 2.55. The Morgan fingerprint density at radius 2 is 2.04 bits per heavy atom. The van der Waals surface area contributed by atoms with Crippen molar-refractivity contribution in [2.75, 3.05) is 0 Å². The van der Waals surface area contributed by atoms with Gasteiger partial charge in [0.25, 0.3) is 0 Å². The van der Waals surface area contributed by atoms with Crippen molar-refractivity contribution in [3.05, 3.63) is 59.5 Å². The van der Waals surface area contributed by atoms with Crippen LogP contribution in [0.25, 0.3) is 11.3 Å². The highest BCUT2D eigenvalue weighted by Gasteiger charge is 2.53. The number of hydrogen-bond donors (Lipinski definition) is 1. The summed E-state index contributed by atoms with van der Waals surface area (Å²) in [5.74, 6) is 0.801. The summed E-state index contributed by atoms with van der Waals surface area (Å²) >= 11 is 0. The predicted octanol–water partition coefficient (Wildman–Crippen LogP) is 3.66. The summed E-state index contributed by atoms with van der Waals surface area (Å²) in [4.78, 5) is 12.5. The van der Waals surface area contributed by atoms with Crippen molar-refractivity contribution in [3.63, 3.8) is 0 Å². The van der Waals surface area contributed by atoms with E-state index in [4.69, 9.17) is 5.10 Å². The van der Waals surface area contributed by atoms with Crippen LogP contribution in [0.1, 0.15) is 43.0 Å². The molecule has 5 heteroatoms. The zero-order chi connectivity index (χ0) is 18.6. The van der Waals surface area contributed by atoms with E-state index < -0.39 is 0 Å². The van der Waals surface area contributed by atoms with Crippen LogP contribution in [0.3, 0.4) is 0 Å². The van der Waals surface area contributed by atoms with Crippen LogP contribution in [0.4, 0.5) is 0 Å². The normalized spacial score (nSPS) is 27.3. The van der Waals surface area contributed by atoms with Crippen molar-refractivity contribution in [3.8, 4) is 11.3 Å². The molecule has 1 saturated carbocycles. The highest BCUT2D eigenvalue weighted by atomic mass is 16.1. The third kappa shape index (κ3) is 2.27. The molecule has 138 valence electrons. The molecule has 2 aromatic heterocycles. The summed E-state index contributed by atoms with van der Waals surface area (Å²) < 4.78 is 1.82. The molecule has 3 aromatic rings. The van der Waals surface area contributed by atoms with Crippen LogP contribution in [0, 0.1) is 11.8 Å². The lowest BCUT2D eigenvalue weighted by molar-refractivity contribution is -0.128. The molecule has 1 fully saturated rings. The summed E-state index contributed by atoms with van der Waals surface area (Å²) in [7, 11) is 1.93. The standard InChI is InChI=1S/C22H24N4O/c1-14-18-9-8-17-20(15-12-23-26(2)13-15)24-25-21(17)22(18,11-10-19(14)27)16-6-4-3-5-7-16/h3-7,12-14,18H,8-11H2,1-2H3,(H,24,25)/t14-,18-,22+/m0/s1. The van der Waals surface area contributed by atoms with E-state index in [1.54, 1.807) is 0 Å². The van der Waals surface area contributed by atoms with Gasteiger partial charge < -0.3 is 0 Å². The van der Waals surface area contributed by atoms with Crippen LogP contribution in [-0.2, 0) is 23.7 Å². The van der Waals surface area contributed by atoms with Crippen LogP contribution in [-0.4, -0.2) is 25.8 Å². The second-order valence-corrected chi connectivity index (χ2v) is 8.07. The van der Waals surface area contributed by atoms with E-state index in [2.05, 4.69) is 47.5 Å². The minimum atomic E-state index is -0.157. The number of benzene rings is 1. The fourth-order valence-electron chi connectivity index (χ4n) is 5.49. The van der Waals surface area contributed by atoms with Crippen molar-refractivity contribution in [1.29, 1.82) is 0 Å². The van der Waals surface area contributed by atoms with Crippen LogP contribution in [0.5, 0.6) is 0 Å². The number of Topliss-reactive ketones (excluding diaryl/α,β-unsaturated/α-hetero) is 1. The number of nitrogens with zero attached hydrogens (tertiary/aromatic N) is 3. The molecule has 2 aliphatic carbocycles. The van der Waals surface area contributed by atoms with Crippen molar-refractivity contribution >= 4 is 5.78 Å². The molecule has 0 aliphatic heterocycles. The molecular weight excluding hydrogens is 336 g/mol. The minimum absolute atomic E-state index is 0.0808. The number of aromatic amines is 1. The molecule has 0 amide bonds. The summed E-state index contributed by atoms with van der Waals surface area (Å²) in [5.41, 5.74) is 5.72. The quantitative estimate of drug-likeness (QED) is 0.759. The Hall–Kier alpha value is -2.69. The first-order valence-corrected chi connectivity index (χ1v) is 9.76. The van der Waals surface area contributed by atoms with Crippen LogP contribution in [0.15, 0.2) is 42.7 Å². The number of aromatic nitrogens is 4. The van der Waals surface area contributed by atoms with Gasteiger partial charge in [0.15, 0.2) is 0 Å². The molecule has 27 heavy (non-hydrogen) atoms. The van der Waals surface area contributed by atoms with Gasteiger partial charge in [0, 0.05) is 47.8 Å². The first kappa shape index (κ1) is 16.5. The fourth-order valence-corrected chi connectivity index (χ4v) is 5.49. The van der Waals surface area contributed by atoms with Gasteiger partial charge in [0.1, 0.15) is 5.78 Å². The van der Waals surface area contributed by atoms with E-state index >= 15 is 0 Å². The number of hydrogen-bond acceptors (Lipinski definition) is 3. The van der Waals surface area contributed by atoms with Gasteiger partial charge in [-0.1, -0.05) is 37.3 Å². The van der Waals surface area contributed by atoms with Gasteiger partial charge in [0.05, 0.1) is 11.9 Å². The van der Waals surface area contributed by atoms with Gasteiger partial charge in [-0.15, -0.1) is 0 Å². The first-order chi connectivity index (χ1) is 13.1. The van der Waals surface area contributed by atoms with Crippen molar-refractivity contribution in [2.24, 2.45) is 18.9 Å². The predicted molar refractivity (Wildman–Crippen MR) is 103 cm³/mol. The van der Waals surface area contributed by atoms with E-state index in [9.17, 15) is 4.79 Å². The van der Waals surface area contributed by atoms with Gasteiger partial charge in [-0.05, 0) is 30.7 Å². The molecule has 3 atom stereocenters. The highest BCUT2D eigenvalue weighted by molar-refractivity contribution is 5.83. The van der Waals surface area contributed by atoms with Crippen LogP contribution in [0.2, 0.25) is 0 Å². The number of H-pyrrole nitrogens is 1. The molecule has 5 rings (SSSR count). The number of fused-ring (bicyclic) bond motifs is 3. The van der Waals surface area contributed by atoms with E-state index in [0.717, 1.165) is 30.5 Å². The molecule has 1 N–H and O–H groups in total. The Balaban J connectivity index is 1.73. The summed E-state index contributed by atoms with van der Waals surface area (Å²) in [6.07, 6.45) is 7.35. The van der Waals surface area contributed by atoms with E-state index in [1.165, 1.54) is 16.8 Å². The second kappa shape index (κ2) is 5.91. The summed E-state index contributed by atoms with van der Waals surface area (Å²) in [6, 6.07) is 10.7. The van der Waals surface area contributed by atoms with E-state index in [0.29, 0.717) is 18.1 Å². The van der Waals surface area contributed by atoms with Gasteiger partial charge in [-0.25, -0.2) is 0 Å². The number of carbonyl (C=O) groups excluding carboxylic acids is 1. The Kier molecular flexibility index (Phi) is 3.61. The zero-order valence-corrected chi connectivity index (χ0v) is 15.8. The Morgan fingerprint density at radius 1 is 1.22 bits per heavy atom. The van der Waals surface area contributed by atoms with Gasteiger partial charge >= 0.3 is 0 Å². The average molecular weight is 360 g/mol. The SMILES string of the molecule is C[C@@H]1C(=O)CC[C@]2(c3ccccc3)c3[nH]nc(-c4cnn(C)c4)c3CC[C@@H]12. The Labute approximate surface area is 158 Å². The van der Waals surface area contributed by atoms with E-state index in [-0.39, 0.29) is 11.3 Å². The molecule has 0 radical (unpaired) electrons. The van der Waals surface area contributed by atoms with Crippen LogP contribution >= 0.6 is 0 Å². The van der Waals surface area contributed by atoms with Crippen molar-refractivity contribution in [1.82, 2.24) is 20.0 Å². The molecule has 0 saturated heterocycles. The van der Waals surface area contributed by atoms with Gasteiger partial charge in [-0.2, -0.15) is 10.2 Å². The smallest absolute Gasteiger partial charge is 0.136 e. The first-order valence-electron chi connectivity index (χ1n) is 9.76. The molecular formula is C22H24N4O. The summed E-state index contributed by atoms with van der Waals surface area (Å²) in [6.45, 7) is 2.12. The largest absolute Gasteiger partial charge is 0.299 e. The maximum Gasteiger partial charge on any atom is 0.136 e. The number of nitrogens with one attached hydrogen (secondary N) is 1. The third-order valence-electron chi connectivity index (χ3n) is 6.80. The lowest BCUT2D eigenvalue weighted by Crippen LogP contribution is -2.49. The summed E-state index contributed by atoms with van der Waals surface area (Å²) in [5, 5.41) is 12.5. The molecule has 0 spiro atoms. The molecule has 2 heterocycles. The molecule has 0 bridgehead atoms. The second-order valence-electron chi connectivity index (χ2n) is 8.07. The maximum atomic E-state index is 12.5. The van der Waals surface area contributed by atoms with E-state index in [1.807, 2.05) is 24.1 Å². The molecule has 2 aliphatic rings. The fraction of sp³-hybridized carbons (Fsp3) is 0.409. The Morgan fingerprint density at radius 3 is 2.78 bits per heavy atom. The molecule has 0 unspecified atom stereocenters. The molecule has 5 nitrogen and oxygen atoms in total. The number of aryl methyl sites for hydroxylation is 1. The lowest BCUT2D eigenvalue weighted by atomic mass is 9.53. The number of carbonyl (C=O) groups is 1. The average Bonchev–Trinajstić information content (AvgIpc) is 3.31. The third-order valence-corrected chi connectivity index (χ3v) is 6.80. The zero-order valence-electron chi connectivity index (χ0n) is 15.8. The van der Waals surface area contributed by atoms with Gasteiger partial charge in [0.2, 0.25) is 0 Å². The maximum absolute atomic E-state index is 12.5. The number of ketones is 1. The monoisotopic (exact) mass is 360 g/mol. The number of rotatable bonds is 2. The topological polar surface area (TPSA) is 63.6 Å². The van der Waals surface area contributed by atoms with Gasteiger partial charge in [-0.3, -0.25) is 14.6 Å². The van der Waals surface area contributed by atoms with Crippen molar-refractivity contribution < 1.29 is 4.79 Å². The molecule has 1 aromatic carbocycles. The Bertz CT molecular complexity index is 1000. The van der Waals surface area contributed by atoms with Crippen LogP contribution < -0.4 is 0 Å².